The Bertz CT molecular complexity index is 2330. The molecule has 4 N–H and O–H groups in total. The summed E-state index contributed by atoms with van der Waals surface area (Å²) in [6, 6.07) is 10.6. The van der Waals surface area contributed by atoms with Crippen LogP contribution >= 0.6 is 12.2 Å². The third-order valence-electron chi connectivity index (χ3n) is 14.6. The van der Waals surface area contributed by atoms with Crippen molar-refractivity contribution in [1.29, 1.82) is 0 Å². The van der Waals surface area contributed by atoms with E-state index in [9.17, 15) is 38.7 Å². The number of likely N-dealkylation sites (N-methyl/N-ethyl adjacent to an activating group) is 2. The summed E-state index contributed by atoms with van der Waals surface area (Å²) in [4.78, 5) is 120. The van der Waals surface area contributed by atoms with Crippen LogP contribution in [0.15, 0.2) is 54.6 Å². The number of nitrogens with zero attached hydrogens (tertiary/aromatic N) is 3. The number of carbonyl (C=O) groups is 8. The molecule has 4 rings (SSSR count). The number of esters is 2. The fourth-order valence-electron chi connectivity index (χ4n) is 9.75. The summed E-state index contributed by atoms with van der Waals surface area (Å²) in [5.74, 6) is -9.04. The maximum atomic E-state index is 15.0. The molecule has 2 saturated heterocycles. The minimum Gasteiger partial charge on any atom is -0.497 e. The van der Waals surface area contributed by atoms with Crippen LogP contribution in [0.5, 0.6) is 5.75 Å². The van der Waals surface area contributed by atoms with Gasteiger partial charge in [0.05, 0.1) is 43.6 Å². The molecule has 0 saturated carbocycles. The summed E-state index contributed by atoms with van der Waals surface area (Å²) in [6.45, 7) is 17.6. The number of amides is 4. The fraction of sp³-hybridized carbons (Fsp3) is 0.632. The van der Waals surface area contributed by atoms with Crippen molar-refractivity contribution >= 4 is 70.2 Å². The van der Waals surface area contributed by atoms with Crippen LogP contribution in [0.3, 0.4) is 0 Å². The van der Waals surface area contributed by atoms with Gasteiger partial charge in [0.1, 0.15) is 30.0 Å². The van der Waals surface area contributed by atoms with Crippen molar-refractivity contribution in [3.8, 4) is 5.75 Å². The van der Waals surface area contributed by atoms with E-state index in [2.05, 4.69) is 16.0 Å². The monoisotopic (exact) mass is 1080 g/mol. The van der Waals surface area contributed by atoms with Gasteiger partial charge < -0.3 is 50.0 Å². The molecule has 0 aromatic heterocycles. The van der Waals surface area contributed by atoms with Crippen molar-refractivity contribution in [3.63, 3.8) is 0 Å². The maximum absolute atomic E-state index is 15.0. The molecule has 0 unspecified atom stereocenters. The second kappa shape index (κ2) is 29.0. The minimum atomic E-state index is -1.57. The van der Waals surface area contributed by atoms with E-state index in [4.69, 9.17) is 26.4 Å². The van der Waals surface area contributed by atoms with E-state index in [0.29, 0.717) is 36.3 Å². The van der Waals surface area contributed by atoms with E-state index in [1.54, 1.807) is 57.0 Å². The molecule has 2 fully saturated rings. The summed E-state index contributed by atoms with van der Waals surface area (Å²) >= 11 is 5.80. The smallest absolute Gasteiger partial charge is 0.329 e. The second-order valence-electron chi connectivity index (χ2n) is 21.8. The molecular formula is C57H84N6O12S. The zero-order valence-electron chi connectivity index (χ0n) is 46.8. The summed E-state index contributed by atoms with van der Waals surface area (Å²) in [6.07, 6.45) is -3.89. The molecule has 2 heterocycles. The highest BCUT2D eigenvalue weighted by Gasteiger charge is 2.45. The Morgan fingerprint density at radius 3 is 2.12 bits per heavy atom. The van der Waals surface area contributed by atoms with Crippen LogP contribution in [-0.4, -0.2) is 148 Å². The van der Waals surface area contributed by atoms with Crippen LogP contribution in [0.4, 0.5) is 5.69 Å². The highest BCUT2D eigenvalue weighted by molar-refractivity contribution is 7.80. The number of ketones is 2. The lowest BCUT2D eigenvalue weighted by atomic mass is 9.87. The number of hydrogen-bond acceptors (Lipinski definition) is 13. The lowest BCUT2D eigenvalue weighted by Gasteiger charge is -2.36. The van der Waals surface area contributed by atoms with Crippen LogP contribution in [0, 0.1) is 35.5 Å². The molecule has 2 aliphatic rings. The highest BCUT2D eigenvalue weighted by Crippen LogP contribution is 2.28. The number of ether oxygens (including phenoxy) is 3. The average Bonchev–Trinajstić information content (AvgIpc) is 3.87. The van der Waals surface area contributed by atoms with Crippen LogP contribution in [-0.2, 0) is 54.3 Å². The number of fused-ring (bicyclic) bond motifs is 1. The Labute approximate surface area is 455 Å². The number of aliphatic hydroxyl groups is 1. The Hall–Kier alpha value is -5.95. The van der Waals surface area contributed by atoms with E-state index in [1.807, 2.05) is 65.0 Å². The molecule has 0 spiro atoms. The van der Waals surface area contributed by atoms with Gasteiger partial charge in [-0.05, 0) is 105 Å². The van der Waals surface area contributed by atoms with Gasteiger partial charge in [-0.25, -0.2) is 4.79 Å². The Morgan fingerprint density at radius 2 is 1.54 bits per heavy atom. The number of thiocarbonyl (C=S) groups is 1. The van der Waals surface area contributed by atoms with Crippen molar-refractivity contribution in [3.05, 3.63) is 60.2 Å². The predicted molar refractivity (Wildman–Crippen MR) is 293 cm³/mol. The molecule has 2 aliphatic heterocycles. The van der Waals surface area contributed by atoms with E-state index in [-0.39, 0.29) is 42.8 Å². The first-order chi connectivity index (χ1) is 35.8. The number of Topliss-reactive ketones (excluding diaryl/α,β-unsaturated/α-hetero) is 2. The Kier molecular flexibility index (Phi) is 23.9. The number of anilines is 1. The molecule has 18 nitrogen and oxygen atoms in total. The lowest BCUT2D eigenvalue weighted by Crippen LogP contribution is -2.57. The summed E-state index contributed by atoms with van der Waals surface area (Å²) in [5, 5.41) is 20.9. The van der Waals surface area contributed by atoms with Crippen molar-refractivity contribution in [2.75, 3.05) is 33.1 Å². The summed E-state index contributed by atoms with van der Waals surface area (Å²) in [5.41, 5.74) is 1.33. The number of benzene rings is 2. The SMILES string of the molecule is CC[C@H](C)[C@H]1NC(=O)[C@@H](CC(=O)[C@@H](CC(C)C)N(C)C(=S)Nc2ccccc2)[C@@H](C)OC(=O)[C@H](Cc2ccc(OC)cc2)N(C)C(=O)[C@@H]2CCCN2C(=O)[C@H](CC(C)C)NC(=O)[C@@H](C)C(=O)[C@H](C(C)C)OC(=O)C[C@@H]1O. The number of nitrogens with one attached hydrogen (secondary N) is 3. The van der Waals surface area contributed by atoms with Crippen molar-refractivity contribution in [2.45, 2.75) is 169 Å². The first-order valence-corrected chi connectivity index (χ1v) is 27.2. The van der Waals surface area contributed by atoms with Gasteiger partial charge in [-0.3, -0.25) is 33.6 Å². The molecule has 2 aromatic carbocycles. The van der Waals surface area contributed by atoms with Crippen LogP contribution < -0.4 is 20.7 Å². The molecule has 420 valence electrons. The van der Waals surface area contributed by atoms with E-state index >= 15 is 4.79 Å². The molecule has 11 atom stereocenters. The first kappa shape index (κ1) is 62.6. The molecular weight excluding hydrogens is 993 g/mol. The van der Waals surface area contributed by atoms with Crippen LogP contribution in [0.25, 0.3) is 0 Å². The number of carbonyl (C=O) groups excluding carboxylic acids is 8. The summed E-state index contributed by atoms with van der Waals surface area (Å²) in [7, 11) is 4.65. The highest BCUT2D eigenvalue weighted by atomic mass is 32.1. The predicted octanol–water partition coefficient (Wildman–Crippen LogP) is 5.91. The van der Waals surface area contributed by atoms with Gasteiger partial charge in [-0.15, -0.1) is 0 Å². The molecule has 0 radical (unpaired) electrons. The Balaban J connectivity index is 1.88. The van der Waals surface area contributed by atoms with Gasteiger partial charge in [0.2, 0.25) is 23.6 Å². The number of hydrogen-bond donors (Lipinski definition) is 4. The zero-order valence-corrected chi connectivity index (χ0v) is 47.6. The number of aliphatic hydroxyl groups excluding tert-OH is 1. The van der Waals surface area contributed by atoms with Crippen molar-refractivity contribution in [2.24, 2.45) is 35.5 Å². The normalized spacial score (nSPS) is 25.8. The van der Waals surface area contributed by atoms with E-state index in [1.165, 1.54) is 37.8 Å². The lowest BCUT2D eigenvalue weighted by molar-refractivity contribution is -0.164. The quantitative estimate of drug-likeness (QED) is 0.0924. The van der Waals surface area contributed by atoms with Gasteiger partial charge in [0, 0.05) is 39.2 Å². The summed E-state index contributed by atoms with van der Waals surface area (Å²) < 4.78 is 17.4. The van der Waals surface area contributed by atoms with Crippen LogP contribution in [0.1, 0.15) is 120 Å². The largest absolute Gasteiger partial charge is 0.497 e. The van der Waals surface area contributed by atoms with Gasteiger partial charge >= 0.3 is 11.9 Å². The number of para-hydroxylation sites is 1. The maximum Gasteiger partial charge on any atom is 0.329 e. The molecule has 19 heteroatoms. The third-order valence-corrected chi connectivity index (χ3v) is 15.0. The molecule has 76 heavy (non-hydrogen) atoms. The molecule has 0 bridgehead atoms. The third kappa shape index (κ3) is 17.0. The fourth-order valence-corrected chi connectivity index (χ4v) is 10.00. The van der Waals surface area contributed by atoms with Gasteiger partial charge in [0.25, 0.3) is 0 Å². The molecule has 0 aliphatic carbocycles. The average molecular weight is 1080 g/mol. The standard InChI is InChI=1S/C57H84N6O12S/c1-14-35(8)49-47(65)31-48(66)75-51(34(6)7)50(67)36(9)52(68)59-42(27-32(2)3)54(70)63-26-18-21-43(63)55(71)61(11)45(29-38-22-24-40(73-13)25-23-38)56(72)74-37(10)41(53(69)60-49)30-46(64)44(28-33(4)5)62(12)57(76)58-39-19-16-15-17-20-39/h15-17,19-20,22-25,32-37,41-45,47,49,51,65H,14,18,21,26-31H2,1-13H3,(H,58,76)(H,59,68)(H,60,69)/t35-,36-,37+,41-,42-,43-,44+,45-,47-,49+,51-/m0/s1. The van der Waals surface area contributed by atoms with Crippen molar-refractivity contribution in [1.82, 2.24) is 25.3 Å². The van der Waals surface area contributed by atoms with Gasteiger partial charge in [-0.2, -0.15) is 0 Å². The molecule has 4 amide bonds. The van der Waals surface area contributed by atoms with Gasteiger partial charge in [0.15, 0.2) is 22.8 Å². The Morgan fingerprint density at radius 1 is 0.895 bits per heavy atom. The van der Waals surface area contributed by atoms with E-state index < -0.39 is 132 Å². The van der Waals surface area contributed by atoms with Crippen LogP contribution in [0.2, 0.25) is 0 Å². The number of methoxy groups -OCH3 is 1. The second-order valence-corrected chi connectivity index (χ2v) is 22.2. The van der Waals surface area contributed by atoms with Crippen molar-refractivity contribution < 1.29 is 57.7 Å². The number of rotatable bonds is 15. The molecule has 2 aromatic rings. The number of cyclic esters (lactones) is 2. The first-order valence-electron chi connectivity index (χ1n) is 26.8. The minimum absolute atomic E-state index is 0.00829. The zero-order chi connectivity index (χ0) is 56.7. The topological polar surface area (TPSA) is 230 Å². The van der Waals surface area contributed by atoms with E-state index in [0.717, 1.165) is 0 Å². The van der Waals surface area contributed by atoms with Gasteiger partial charge in [-0.1, -0.05) is 92.1 Å².